The number of ether oxygens (including phenoxy) is 1. The standard InChI is InChI=1S/C14H26N2O/c1-17-11-13-5-9-16(10-6-13)12-14(15)7-3-2-4-8-14/h5H,2-4,6-12,15H2,1H3. The van der Waals surface area contributed by atoms with Crippen LogP contribution in [0.25, 0.3) is 0 Å². The first-order chi connectivity index (χ1) is 8.22. The molecular weight excluding hydrogens is 212 g/mol. The van der Waals surface area contributed by atoms with E-state index in [2.05, 4.69) is 11.0 Å². The third-order valence-electron chi connectivity index (χ3n) is 4.10. The predicted octanol–water partition coefficient (Wildman–Crippen LogP) is 1.93. The Morgan fingerprint density at radius 1 is 1.35 bits per heavy atom. The molecule has 1 aliphatic heterocycles. The van der Waals surface area contributed by atoms with Gasteiger partial charge < -0.3 is 10.5 Å². The first kappa shape index (κ1) is 13.1. The number of hydrogen-bond donors (Lipinski definition) is 1. The van der Waals surface area contributed by atoms with Crippen molar-refractivity contribution < 1.29 is 4.74 Å². The van der Waals surface area contributed by atoms with Gasteiger partial charge in [-0.2, -0.15) is 0 Å². The lowest BCUT2D eigenvalue weighted by Crippen LogP contribution is -2.52. The van der Waals surface area contributed by atoms with Crippen LogP contribution >= 0.6 is 0 Å². The van der Waals surface area contributed by atoms with E-state index in [1.54, 1.807) is 7.11 Å². The quantitative estimate of drug-likeness (QED) is 0.761. The van der Waals surface area contributed by atoms with Gasteiger partial charge in [0.15, 0.2) is 0 Å². The summed E-state index contributed by atoms with van der Waals surface area (Å²) in [5.41, 5.74) is 8.03. The molecule has 0 spiro atoms. The van der Waals surface area contributed by atoms with E-state index in [9.17, 15) is 0 Å². The van der Waals surface area contributed by atoms with Crippen LogP contribution in [0.2, 0.25) is 0 Å². The zero-order valence-corrected chi connectivity index (χ0v) is 11.1. The molecular formula is C14H26N2O. The smallest absolute Gasteiger partial charge is 0.0673 e. The minimum atomic E-state index is 0.0881. The van der Waals surface area contributed by atoms with E-state index in [4.69, 9.17) is 10.5 Å². The third kappa shape index (κ3) is 3.80. The summed E-state index contributed by atoms with van der Waals surface area (Å²) < 4.78 is 5.17. The second kappa shape index (κ2) is 5.98. The molecule has 0 aromatic heterocycles. The molecule has 1 aliphatic carbocycles. The molecule has 0 aromatic carbocycles. The fourth-order valence-corrected chi connectivity index (χ4v) is 3.07. The second-order valence-electron chi connectivity index (χ2n) is 5.70. The summed E-state index contributed by atoms with van der Waals surface area (Å²) >= 11 is 0. The number of rotatable bonds is 4. The molecule has 0 amide bonds. The molecule has 1 saturated carbocycles. The van der Waals surface area contributed by atoms with Gasteiger partial charge in [0, 0.05) is 32.3 Å². The number of nitrogens with two attached hydrogens (primary N) is 1. The van der Waals surface area contributed by atoms with Gasteiger partial charge in [-0.3, -0.25) is 4.90 Å². The van der Waals surface area contributed by atoms with Crippen LogP contribution < -0.4 is 5.73 Å². The monoisotopic (exact) mass is 238 g/mol. The fourth-order valence-electron chi connectivity index (χ4n) is 3.07. The molecule has 0 atom stereocenters. The molecule has 1 fully saturated rings. The molecule has 0 saturated heterocycles. The van der Waals surface area contributed by atoms with Crippen molar-refractivity contribution in [3.8, 4) is 0 Å². The van der Waals surface area contributed by atoms with E-state index in [0.717, 1.165) is 32.7 Å². The molecule has 0 radical (unpaired) electrons. The van der Waals surface area contributed by atoms with Gasteiger partial charge in [0.2, 0.25) is 0 Å². The van der Waals surface area contributed by atoms with Crippen LogP contribution in [-0.2, 0) is 4.74 Å². The van der Waals surface area contributed by atoms with E-state index in [1.165, 1.54) is 37.7 Å². The largest absolute Gasteiger partial charge is 0.380 e. The first-order valence-electron chi connectivity index (χ1n) is 6.90. The van der Waals surface area contributed by atoms with E-state index in [-0.39, 0.29) is 5.54 Å². The summed E-state index contributed by atoms with van der Waals surface area (Å²) in [5.74, 6) is 0. The summed E-state index contributed by atoms with van der Waals surface area (Å²) in [6.07, 6.45) is 9.88. The molecule has 0 bridgehead atoms. The summed E-state index contributed by atoms with van der Waals surface area (Å²) in [6, 6.07) is 0. The van der Waals surface area contributed by atoms with Crippen molar-refractivity contribution in [3.63, 3.8) is 0 Å². The molecule has 98 valence electrons. The Bertz CT molecular complexity index is 269. The first-order valence-corrected chi connectivity index (χ1v) is 6.90. The number of methoxy groups -OCH3 is 1. The molecule has 2 N–H and O–H groups in total. The summed E-state index contributed by atoms with van der Waals surface area (Å²) in [7, 11) is 1.77. The zero-order chi connectivity index (χ0) is 12.1. The highest BCUT2D eigenvalue weighted by Gasteiger charge is 2.29. The molecule has 17 heavy (non-hydrogen) atoms. The van der Waals surface area contributed by atoms with Crippen LogP contribution in [0.1, 0.15) is 38.5 Å². The number of hydrogen-bond acceptors (Lipinski definition) is 3. The van der Waals surface area contributed by atoms with Crippen molar-refractivity contribution in [2.24, 2.45) is 5.73 Å². The van der Waals surface area contributed by atoms with Crippen molar-refractivity contribution in [1.29, 1.82) is 0 Å². The molecule has 0 unspecified atom stereocenters. The maximum atomic E-state index is 6.50. The lowest BCUT2D eigenvalue weighted by Gasteiger charge is -2.39. The Labute approximate surface area is 105 Å². The van der Waals surface area contributed by atoms with E-state index in [0.29, 0.717) is 0 Å². The normalized spacial score (nSPS) is 25.6. The van der Waals surface area contributed by atoms with Crippen molar-refractivity contribution in [2.45, 2.75) is 44.1 Å². The highest BCUT2D eigenvalue weighted by Crippen LogP contribution is 2.27. The Hall–Kier alpha value is -0.380. The van der Waals surface area contributed by atoms with Crippen molar-refractivity contribution in [1.82, 2.24) is 4.90 Å². The van der Waals surface area contributed by atoms with Crippen molar-refractivity contribution in [2.75, 3.05) is 33.4 Å². The van der Waals surface area contributed by atoms with Crippen LogP contribution in [0, 0.1) is 0 Å². The Balaban J connectivity index is 1.81. The summed E-state index contributed by atoms with van der Waals surface area (Å²) in [4.78, 5) is 2.50. The van der Waals surface area contributed by atoms with Gasteiger partial charge in [0.25, 0.3) is 0 Å². The van der Waals surface area contributed by atoms with Crippen LogP contribution in [0.4, 0.5) is 0 Å². The van der Waals surface area contributed by atoms with Crippen LogP contribution in [0.3, 0.4) is 0 Å². The summed E-state index contributed by atoms with van der Waals surface area (Å²) in [5, 5.41) is 0. The molecule has 3 nitrogen and oxygen atoms in total. The fraction of sp³-hybridized carbons (Fsp3) is 0.857. The number of nitrogens with zero attached hydrogens (tertiary/aromatic N) is 1. The minimum absolute atomic E-state index is 0.0881. The topological polar surface area (TPSA) is 38.5 Å². The second-order valence-corrected chi connectivity index (χ2v) is 5.70. The maximum absolute atomic E-state index is 6.50. The van der Waals surface area contributed by atoms with Gasteiger partial charge >= 0.3 is 0 Å². The maximum Gasteiger partial charge on any atom is 0.0673 e. The van der Waals surface area contributed by atoms with Crippen LogP contribution in [-0.4, -0.2) is 43.8 Å². The predicted molar refractivity (Wildman–Crippen MR) is 71.0 cm³/mol. The third-order valence-corrected chi connectivity index (χ3v) is 4.10. The lowest BCUT2D eigenvalue weighted by atomic mass is 9.82. The summed E-state index contributed by atoms with van der Waals surface area (Å²) in [6.45, 7) is 4.07. The Morgan fingerprint density at radius 3 is 2.71 bits per heavy atom. The van der Waals surface area contributed by atoms with Gasteiger partial charge in [-0.15, -0.1) is 0 Å². The SMILES string of the molecule is COCC1=CCN(CC2(N)CCCCC2)CC1. The van der Waals surface area contributed by atoms with Gasteiger partial charge in [-0.1, -0.05) is 25.3 Å². The Kier molecular flexibility index (Phi) is 4.60. The van der Waals surface area contributed by atoms with E-state index in [1.807, 2.05) is 0 Å². The average Bonchev–Trinajstić information content (AvgIpc) is 2.33. The minimum Gasteiger partial charge on any atom is -0.380 e. The van der Waals surface area contributed by atoms with Crippen molar-refractivity contribution >= 4 is 0 Å². The molecule has 3 heteroatoms. The highest BCUT2D eigenvalue weighted by molar-refractivity contribution is 5.08. The van der Waals surface area contributed by atoms with E-state index >= 15 is 0 Å². The average molecular weight is 238 g/mol. The lowest BCUT2D eigenvalue weighted by molar-refractivity contribution is 0.172. The molecule has 0 aromatic rings. The molecule has 1 heterocycles. The van der Waals surface area contributed by atoms with Crippen LogP contribution in [0.5, 0.6) is 0 Å². The van der Waals surface area contributed by atoms with E-state index < -0.39 is 0 Å². The van der Waals surface area contributed by atoms with Crippen LogP contribution in [0.15, 0.2) is 11.6 Å². The molecule has 2 rings (SSSR count). The van der Waals surface area contributed by atoms with Gasteiger partial charge in [-0.25, -0.2) is 0 Å². The zero-order valence-electron chi connectivity index (χ0n) is 11.1. The van der Waals surface area contributed by atoms with Gasteiger partial charge in [0.05, 0.1) is 6.61 Å². The molecule has 2 aliphatic rings. The highest BCUT2D eigenvalue weighted by atomic mass is 16.5. The van der Waals surface area contributed by atoms with Crippen molar-refractivity contribution in [3.05, 3.63) is 11.6 Å². The van der Waals surface area contributed by atoms with Gasteiger partial charge in [-0.05, 0) is 24.8 Å². The Morgan fingerprint density at radius 2 is 2.12 bits per heavy atom. The van der Waals surface area contributed by atoms with Gasteiger partial charge in [0.1, 0.15) is 0 Å².